The largest absolute Gasteiger partial charge is 0.338 e. The van der Waals surface area contributed by atoms with Crippen LogP contribution in [0.5, 0.6) is 0 Å². The maximum Gasteiger partial charge on any atom is 0.315 e. The van der Waals surface area contributed by atoms with Crippen molar-refractivity contribution in [2.75, 3.05) is 13.1 Å². The Morgan fingerprint density at radius 2 is 1.88 bits per heavy atom. The molecular formula is C19H26FN3O2. The maximum absolute atomic E-state index is 13.0. The number of nitrogens with zero attached hydrogens (tertiary/aromatic N) is 1. The first kappa shape index (κ1) is 17.7. The predicted octanol–water partition coefficient (Wildman–Crippen LogP) is 2.81. The summed E-state index contributed by atoms with van der Waals surface area (Å²) in [4.78, 5) is 25.9. The second kappa shape index (κ2) is 8.32. The number of urea groups is 1. The number of carbonyl (C=O) groups excluding carboxylic acids is 2. The molecule has 0 bridgehead atoms. The normalized spacial score (nSPS) is 21.4. The first-order chi connectivity index (χ1) is 12.1. The summed E-state index contributed by atoms with van der Waals surface area (Å²) in [5.41, 5.74) is 0.915. The molecule has 1 aliphatic heterocycles. The Kier molecular flexibility index (Phi) is 5.89. The summed E-state index contributed by atoms with van der Waals surface area (Å²) in [6.07, 6.45) is 6.18. The molecule has 1 heterocycles. The van der Waals surface area contributed by atoms with Gasteiger partial charge >= 0.3 is 6.03 Å². The second-order valence-corrected chi connectivity index (χ2v) is 7.16. The van der Waals surface area contributed by atoms with Gasteiger partial charge in [0.1, 0.15) is 5.82 Å². The van der Waals surface area contributed by atoms with Gasteiger partial charge in [-0.2, -0.15) is 0 Å². The summed E-state index contributed by atoms with van der Waals surface area (Å²) in [5.74, 6) is -0.0589. The van der Waals surface area contributed by atoms with Crippen molar-refractivity contribution < 1.29 is 14.0 Å². The Labute approximate surface area is 148 Å². The lowest BCUT2D eigenvalue weighted by Crippen LogP contribution is -2.44. The molecule has 2 fully saturated rings. The molecule has 0 radical (unpaired) electrons. The molecule has 25 heavy (non-hydrogen) atoms. The highest BCUT2D eigenvalue weighted by molar-refractivity contribution is 5.79. The molecule has 6 heteroatoms. The van der Waals surface area contributed by atoms with Crippen molar-refractivity contribution in [2.45, 2.75) is 51.1 Å². The van der Waals surface area contributed by atoms with Crippen LogP contribution in [0.2, 0.25) is 0 Å². The number of halogens is 1. The van der Waals surface area contributed by atoms with Gasteiger partial charge in [0.05, 0.1) is 0 Å². The van der Waals surface area contributed by atoms with Crippen LogP contribution in [0.3, 0.4) is 0 Å². The zero-order chi connectivity index (χ0) is 17.6. The maximum atomic E-state index is 13.0. The monoisotopic (exact) mass is 347 g/mol. The number of rotatable bonds is 5. The molecule has 1 aliphatic carbocycles. The van der Waals surface area contributed by atoms with E-state index in [-0.39, 0.29) is 29.7 Å². The van der Waals surface area contributed by atoms with Crippen molar-refractivity contribution in [3.63, 3.8) is 0 Å². The fraction of sp³-hybridized carbons (Fsp3) is 0.579. The van der Waals surface area contributed by atoms with Gasteiger partial charge in [-0.15, -0.1) is 0 Å². The Morgan fingerprint density at radius 3 is 2.60 bits per heavy atom. The summed E-state index contributed by atoms with van der Waals surface area (Å²) in [5, 5.41) is 5.93. The van der Waals surface area contributed by atoms with Crippen LogP contribution in [0.15, 0.2) is 24.3 Å². The van der Waals surface area contributed by atoms with Gasteiger partial charge in [0.25, 0.3) is 0 Å². The van der Waals surface area contributed by atoms with Gasteiger partial charge in [-0.1, -0.05) is 31.4 Å². The predicted molar refractivity (Wildman–Crippen MR) is 93.3 cm³/mol. The highest BCUT2D eigenvalue weighted by Gasteiger charge is 2.29. The highest BCUT2D eigenvalue weighted by atomic mass is 19.1. The SMILES string of the molecule is O=C(NC[C@H]1CC(=O)N(Cc2ccc(F)cc2)C1)NC1CCCCC1. The van der Waals surface area contributed by atoms with E-state index in [0.29, 0.717) is 26.1 Å². The molecular weight excluding hydrogens is 321 g/mol. The van der Waals surface area contributed by atoms with Crippen LogP contribution < -0.4 is 10.6 Å². The number of hydrogen-bond donors (Lipinski definition) is 2. The molecule has 0 aromatic heterocycles. The van der Waals surface area contributed by atoms with E-state index < -0.39 is 0 Å². The Balaban J connectivity index is 1.41. The van der Waals surface area contributed by atoms with E-state index in [2.05, 4.69) is 10.6 Å². The average Bonchev–Trinajstić information content (AvgIpc) is 2.96. The van der Waals surface area contributed by atoms with Crippen LogP contribution in [0.1, 0.15) is 44.1 Å². The van der Waals surface area contributed by atoms with E-state index in [1.807, 2.05) is 0 Å². The zero-order valence-electron chi connectivity index (χ0n) is 14.5. The molecule has 1 saturated carbocycles. The van der Waals surface area contributed by atoms with Crippen LogP contribution in [0, 0.1) is 11.7 Å². The van der Waals surface area contributed by atoms with Crippen molar-refractivity contribution >= 4 is 11.9 Å². The van der Waals surface area contributed by atoms with Crippen molar-refractivity contribution in [1.82, 2.24) is 15.5 Å². The number of benzene rings is 1. The summed E-state index contributed by atoms with van der Waals surface area (Å²) in [6, 6.07) is 6.37. The second-order valence-electron chi connectivity index (χ2n) is 7.16. The Morgan fingerprint density at radius 1 is 1.16 bits per heavy atom. The number of carbonyl (C=O) groups is 2. The number of nitrogens with one attached hydrogen (secondary N) is 2. The molecule has 2 N–H and O–H groups in total. The van der Waals surface area contributed by atoms with E-state index in [4.69, 9.17) is 0 Å². The van der Waals surface area contributed by atoms with E-state index in [1.54, 1.807) is 17.0 Å². The molecule has 0 unspecified atom stereocenters. The minimum Gasteiger partial charge on any atom is -0.338 e. The molecule has 3 amide bonds. The molecule has 2 aliphatic rings. The first-order valence-electron chi connectivity index (χ1n) is 9.17. The number of amides is 3. The fourth-order valence-electron chi connectivity index (χ4n) is 3.67. The number of hydrogen-bond acceptors (Lipinski definition) is 2. The summed E-state index contributed by atoms with van der Waals surface area (Å²) in [6.45, 7) is 1.62. The Hall–Kier alpha value is -2.11. The third-order valence-electron chi connectivity index (χ3n) is 5.07. The average molecular weight is 347 g/mol. The van der Waals surface area contributed by atoms with Gasteiger partial charge < -0.3 is 15.5 Å². The van der Waals surface area contributed by atoms with Crippen LogP contribution in [-0.2, 0) is 11.3 Å². The van der Waals surface area contributed by atoms with E-state index in [1.165, 1.54) is 31.4 Å². The number of likely N-dealkylation sites (tertiary alicyclic amines) is 1. The van der Waals surface area contributed by atoms with Gasteiger partial charge in [-0.3, -0.25) is 4.79 Å². The molecule has 3 rings (SSSR count). The zero-order valence-corrected chi connectivity index (χ0v) is 14.5. The summed E-state index contributed by atoms with van der Waals surface area (Å²) >= 11 is 0. The quantitative estimate of drug-likeness (QED) is 0.860. The molecule has 136 valence electrons. The van der Waals surface area contributed by atoms with Crippen molar-refractivity contribution in [3.8, 4) is 0 Å². The molecule has 1 aromatic carbocycles. The van der Waals surface area contributed by atoms with E-state index in [0.717, 1.165) is 18.4 Å². The van der Waals surface area contributed by atoms with Gasteiger partial charge in [0.15, 0.2) is 0 Å². The molecule has 5 nitrogen and oxygen atoms in total. The lowest BCUT2D eigenvalue weighted by molar-refractivity contribution is -0.128. The van der Waals surface area contributed by atoms with Gasteiger partial charge in [-0.05, 0) is 30.5 Å². The first-order valence-corrected chi connectivity index (χ1v) is 9.17. The standard InChI is InChI=1S/C19H26FN3O2/c20-16-8-6-14(7-9-16)12-23-13-15(10-18(23)24)11-21-19(25)22-17-4-2-1-3-5-17/h6-9,15,17H,1-5,10-13H2,(H2,21,22,25)/t15-/m1/s1. The lowest BCUT2D eigenvalue weighted by atomic mass is 9.96. The van der Waals surface area contributed by atoms with Crippen molar-refractivity contribution in [1.29, 1.82) is 0 Å². The minimum absolute atomic E-state index is 0.0869. The molecule has 1 atom stereocenters. The van der Waals surface area contributed by atoms with Crippen LogP contribution in [0.4, 0.5) is 9.18 Å². The summed E-state index contributed by atoms with van der Waals surface area (Å²) in [7, 11) is 0. The molecule has 1 aromatic rings. The van der Waals surface area contributed by atoms with Gasteiger partial charge in [-0.25, -0.2) is 9.18 Å². The fourth-order valence-corrected chi connectivity index (χ4v) is 3.67. The minimum atomic E-state index is -0.275. The Bertz CT molecular complexity index is 599. The van der Waals surface area contributed by atoms with E-state index in [9.17, 15) is 14.0 Å². The third-order valence-corrected chi connectivity index (χ3v) is 5.07. The van der Waals surface area contributed by atoms with Crippen molar-refractivity contribution in [2.24, 2.45) is 5.92 Å². The van der Waals surface area contributed by atoms with Crippen LogP contribution in [0.25, 0.3) is 0 Å². The van der Waals surface area contributed by atoms with Crippen molar-refractivity contribution in [3.05, 3.63) is 35.6 Å². The molecule has 0 spiro atoms. The van der Waals surface area contributed by atoms with Crippen LogP contribution in [-0.4, -0.2) is 36.0 Å². The highest BCUT2D eigenvalue weighted by Crippen LogP contribution is 2.20. The van der Waals surface area contributed by atoms with Gasteiger partial charge in [0.2, 0.25) is 5.91 Å². The topological polar surface area (TPSA) is 61.4 Å². The van der Waals surface area contributed by atoms with E-state index >= 15 is 0 Å². The smallest absolute Gasteiger partial charge is 0.315 e. The van der Waals surface area contributed by atoms with Crippen LogP contribution >= 0.6 is 0 Å². The molecule has 1 saturated heterocycles. The lowest BCUT2D eigenvalue weighted by Gasteiger charge is -2.23. The third kappa shape index (κ3) is 5.18. The summed E-state index contributed by atoms with van der Waals surface area (Å²) < 4.78 is 13.0. The van der Waals surface area contributed by atoms with Gasteiger partial charge in [0, 0.05) is 38.0 Å².